The summed E-state index contributed by atoms with van der Waals surface area (Å²) < 4.78 is 32.6. The second-order valence-corrected chi connectivity index (χ2v) is 7.57. The van der Waals surface area contributed by atoms with Crippen LogP contribution in [-0.4, -0.2) is 32.9 Å². The maximum absolute atomic E-state index is 12.9. The Hall–Kier alpha value is -1.07. The molecule has 0 saturated carbocycles. The van der Waals surface area contributed by atoms with Gasteiger partial charge in [0.1, 0.15) is 10.6 Å². The highest BCUT2D eigenvalue weighted by molar-refractivity contribution is 7.89. The molecule has 1 aliphatic heterocycles. The lowest BCUT2D eigenvalue weighted by Crippen LogP contribution is -2.38. The van der Waals surface area contributed by atoms with Crippen LogP contribution < -0.4 is 4.74 Å². The standard InChI is InChI=1S/C15H23NO3S/c1-11-5-7-16(8-6-11)20(17,18)15-13(3)9-12(2)10-14(15)19-4/h9-11H,5-8H2,1-4H3. The zero-order valence-corrected chi connectivity index (χ0v) is 13.5. The van der Waals surface area contributed by atoms with Gasteiger partial charge in [-0.25, -0.2) is 8.42 Å². The van der Waals surface area contributed by atoms with Crippen molar-refractivity contribution in [1.82, 2.24) is 4.31 Å². The smallest absolute Gasteiger partial charge is 0.247 e. The maximum Gasteiger partial charge on any atom is 0.247 e. The molecule has 112 valence electrons. The minimum absolute atomic E-state index is 0.320. The van der Waals surface area contributed by atoms with E-state index in [4.69, 9.17) is 4.74 Å². The zero-order chi connectivity index (χ0) is 14.9. The molecule has 1 heterocycles. The van der Waals surface area contributed by atoms with Gasteiger partial charge < -0.3 is 4.74 Å². The van der Waals surface area contributed by atoms with Crippen LogP contribution >= 0.6 is 0 Å². The van der Waals surface area contributed by atoms with Gasteiger partial charge in [0.15, 0.2) is 0 Å². The number of ether oxygens (including phenoxy) is 1. The minimum Gasteiger partial charge on any atom is -0.495 e. The summed E-state index contributed by atoms with van der Waals surface area (Å²) in [4.78, 5) is 0.320. The first kappa shape index (κ1) is 15.3. The van der Waals surface area contributed by atoms with Crippen LogP contribution in [0, 0.1) is 19.8 Å². The topological polar surface area (TPSA) is 46.6 Å². The largest absolute Gasteiger partial charge is 0.495 e. The van der Waals surface area contributed by atoms with Gasteiger partial charge >= 0.3 is 0 Å². The van der Waals surface area contributed by atoms with E-state index in [0.29, 0.717) is 29.7 Å². The van der Waals surface area contributed by atoms with Crippen LogP contribution in [0.5, 0.6) is 5.75 Å². The molecule has 0 N–H and O–H groups in total. The summed E-state index contributed by atoms with van der Waals surface area (Å²) in [6.07, 6.45) is 1.85. The van der Waals surface area contributed by atoms with Gasteiger partial charge in [-0.2, -0.15) is 4.31 Å². The normalized spacial score (nSPS) is 18.2. The van der Waals surface area contributed by atoms with E-state index in [1.807, 2.05) is 19.9 Å². The van der Waals surface area contributed by atoms with E-state index in [0.717, 1.165) is 24.0 Å². The lowest BCUT2D eigenvalue weighted by atomic mass is 10.0. The number of piperidine rings is 1. The highest BCUT2D eigenvalue weighted by Crippen LogP contribution is 2.33. The predicted octanol–water partition coefficient (Wildman–Crippen LogP) is 2.73. The summed E-state index contributed by atoms with van der Waals surface area (Å²) in [5, 5.41) is 0. The van der Waals surface area contributed by atoms with Crippen molar-refractivity contribution < 1.29 is 13.2 Å². The fraction of sp³-hybridized carbons (Fsp3) is 0.600. The predicted molar refractivity (Wildman–Crippen MR) is 79.6 cm³/mol. The monoisotopic (exact) mass is 297 g/mol. The van der Waals surface area contributed by atoms with Crippen molar-refractivity contribution in [1.29, 1.82) is 0 Å². The fourth-order valence-corrected chi connectivity index (χ4v) is 4.56. The Morgan fingerprint density at radius 3 is 2.35 bits per heavy atom. The van der Waals surface area contributed by atoms with E-state index in [1.54, 1.807) is 10.4 Å². The van der Waals surface area contributed by atoms with Crippen LogP contribution in [0.3, 0.4) is 0 Å². The Morgan fingerprint density at radius 1 is 1.20 bits per heavy atom. The maximum atomic E-state index is 12.9. The molecule has 0 aliphatic carbocycles. The lowest BCUT2D eigenvalue weighted by molar-refractivity contribution is 0.286. The summed E-state index contributed by atoms with van der Waals surface area (Å²) >= 11 is 0. The van der Waals surface area contributed by atoms with E-state index < -0.39 is 10.0 Å². The molecule has 0 bridgehead atoms. The number of rotatable bonds is 3. The van der Waals surface area contributed by atoms with E-state index in [2.05, 4.69) is 6.92 Å². The average molecular weight is 297 g/mol. The second kappa shape index (κ2) is 5.74. The van der Waals surface area contributed by atoms with Crippen molar-refractivity contribution in [2.24, 2.45) is 5.92 Å². The summed E-state index contributed by atoms with van der Waals surface area (Å²) in [6, 6.07) is 3.68. The van der Waals surface area contributed by atoms with Gasteiger partial charge in [0.05, 0.1) is 7.11 Å². The van der Waals surface area contributed by atoms with Crippen LogP contribution in [0.25, 0.3) is 0 Å². The van der Waals surface area contributed by atoms with Crippen molar-refractivity contribution in [2.45, 2.75) is 38.5 Å². The molecular weight excluding hydrogens is 274 g/mol. The quantitative estimate of drug-likeness (QED) is 0.862. The molecule has 5 heteroatoms. The van der Waals surface area contributed by atoms with Crippen molar-refractivity contribution in [3.05, 3.63) is 23.3 Å². The lowest BCUT2D eigenvalue weighted by Gasteiger charge is -2.30. The Morgan fingerprint density at radius 2 is 1.80 bits per heavy atom. The van der Waals surface area contributed by atoms with Crippen LogP contribution in [0.4, 0.5) is 0 Å². The summed E-state index contributed by atoms with van der Waals surface area (Å²) in [5.74, 6) is 1.04. The molecule has 0 radical (unpaired) electrons. The molecule has 1 fully saturated rings. The van der Waals surface area contributed by atoms with Crippen LogP contribution in [0.15, 0.2) is 17.0 Å². The minimum atomic E-state index is -3.47. The molecule has 1 aliphatic rings. The Kier molecular flexibility index (Phi) is 4.39. The van der Waals surface area contributed by atoms with Crippen molar-refractivity contribution in [3.8, 4) is 5.75 Å². The number of aryl methyl sites for hydroxylation is 2. The van der Waals surface area contributed by atoms with Gasteiger partial charge in [-0.3, -0.25) is 0 Å². The molecule has 0 amide bonds. The number of nitrogens with zero attached hydrogens (tertiary/aromatic N) is 1. The number of sulfonamides is 1. The van der Waals surface area contributed by atoms with Crippen LogP contribution in [0.2, 0.25) is 0 Å². The van der Waals surface area contributed by atoms with Gasteiger partial charge in [0.25, 0.3) is 0 Å². The average Bonchev–Trinajstić information content (AvgIpc) is 2.37. The molecule has 0 unspecified atom stereocenters. The Labute approximate surface area is 121 Å². The van der Waals surface area contributed by atoms with Crippen molar-refractivity contribution in [3.63, 3.8) is 0 Å². The zero-order valence-electron chi connectivity index (χ0n) is 12.6. The molecule has 1 aromatic carbocycles. The van der Waals surface area contributed by atoms with Gasteiger partial charge in [-0.1, -0.05) is 13.0 Å². The van der Waals surface area contributed by atoms with Crippen LogP contribution in [-0.2, 0) is 10.0 Å². The first-order valence-electron chi connectivity index (χ1n) is 7.01. The highest BCUT2D eigenvalue weighted by Gasteiger charge is 2.31. The van der Waals surface area contributed by atoms with Crippen molar-refractivity contribution in [2.75, 3.05) is 20.2 Å². The summed E-state index contributed by atoms with van der Waals surface area (Å²) in [5.41, 5.74) is 1.76. The van der Waals surface area contributed by atoms with Crippen molar-refractivity contribution >= 4 is 10.0 Å². The molecule has 0 atom stereocenters. The molecule has 0 aromatic heterocycles. The van der Waals surface area contributed by atoms with E-state index >= 15 is 0 Å². The third-order valence-electron chi connectivity index (χ3n) is 3.95. The molecule has 0 spiro atoms. The number of methoxy groups -OCH3 is 1. The number of hydrogen-bond acceptors (Lipinski definition) is 3. The van der Waals surface area contributed by atoms with E-state index in [9.17, 15) is 8.42 Å². The highest BCUT2D eigenvalue weighted by atomic mass is 32.2. The number of benzene rings is 1. The third-order valence-corrected chi connectivity index (χ3v) is 6.03. The molecule has 4 nitrogen and oxygen atoms in total. The SMILES string of the molecule is COc1cc(C)cc(C)c1S(=O)(=O)N1CCC(C)CC1. The first-order chi connectivity index (χ1) is 9.36. The molecule has 1 saturated heterocycles. The first-order valence-corrected chi connectivity index (χ1v) is 8.45. The van der Waals surface area contributed by atoms with Gasteiger partial charge in [-0.05, 0) is 49.8 Å². The number of hydrogen-bond donors (Lipinski definition) is 0. The summed E-state index contributed by atoms with van der Waals surface area (Å²) in [7, 11) is -1.95. The van der Waals surface area contributed by atoms with Gasteiger partial charge in [0, 0.05) is 13.1 Å². The van der Waals surface area contributed by atoms with Gasteiger partial charge in [0.2, 0.25) is 10.0 Å². The third kappa shape index (κ3) is 2.83. The molecule has 20 heavy (non-hydrogen) atoms. The molecule has 2 rings (SSSR count). The Bertz CT molecular complexity index is 587. The van der Waals surface area contributed by atoms with Gasteiger partial charge in [-0.15, -0.1) is 0 Å². The van der Waals surface area contributed by atoms with Crippen LogP contribution in [0.1, 0.15) is 30.9 Å². The molecule has 1 aromatic rings. The second-order valence-electron chi connectivity index (χ2n) is 5.70. The fourth-order valence-electron chi connectivity index (χ4n) is 2.75. The Balaban J connectivity index is 2.44. The van der Waals surface area contributed by atoms with E-state index in [1.165, 1.54) is 7.11 Å². The molecular formula is C15H23NO3S. The van der Waals surface area contributed by atoms with E-state index in [-0.39, 0.29) is 0 Å². The summed E-state index contributed by atoms with van der Waals surface area (Å²) in [6.45, 7) is 7.13.